The average molecular weight is 334 g/mol. The lowest BCUT2D eigenvalue weighted by Gasteiger charge is -2.31. The van der Waals surface area contributed by atoms with E-state index in [4.69, 9.17) is 33.0 Å². The number of amides is 1. The van der Waals surface area contributed by atoms with Crippen LogP contribution < -0.4 is 5.32 Å². The first-order valence-electron chi connectivity index (χ1n) is 6.13. The third-order valence-electron chi connectivity index (χ3n) is 2.94. The van der Waals surface area contributed by atoms with E-state index in [0.29, 0.717) is 18.2 Å². The molecule has 7 nitrogen and oxygen atoms in total. The number of carbonyl (C=O) groups is 2. The molecule has 0 saturated carbocycles. The van der Waals surface area contributed by atoms with E-state index in [1.165, 1.54) is 17.2 Å². The highest BCUT2D eigenvalue weighted by Crippen LogP contribution is 2.22. The molecule has 0 spiro atoms. The number of hydrogen-bond acceptors (Lipinski definition) is 5. The number of aliphatic carboxylic acids is 1. The summed E-state index contributed by atoms with van der Waals surface area (Å²) in [6, 6.07) is 0.624. The fourth-order valence-corrected chi connectivity index (χ4v) is 2.34. The largest absolute Gasteiger partial charge is 0.480 e. The molecule has 1 aliphatic heterocycles. The van der Waals surface area contributed by atoms with E-state index in [-0.39, 0.29) is 24.0 Å². The van der Waals surface area contributed by atoms with E-state index in [1.54, 1.807) is 0 Å². The molecular formula is C12H13Cl2N3O4. The van der Waals surface area contributed by atoms with Gasteiger partial charge in [0.05, 0.1) is 29.8 Å². The lowest BCUT2D eigenvalue weighted by atomic mass is 10.2. The molecule has 1 amide bonds. The van der Waals surface area contributed by atoms with Gasteiger partial charge in [0.2, 0.25) is 5.91 Å². The summed E-state index contributed by atoms with van der Waals surface area (Å²) in [6.07, 6.45) is 1.36. The number of morpholine rings is 1. The standard InChI is InChI=1S/C12H13Cl2N3O4/c13-7-3-8(14)11(15-4-7)16-10(18)5-17-1-2-21-6-9(17)12(19)20/h3-4,9H,1-2,5-6H2,(H,19,20)(H,15,16,18). The Balaban J connectivity index is 1.98. The highest BCUT2D eigenvalue weighted by atomic mass is 35.5. The molecule has 2 heterocycles. The Hall–Kier alpha value is -1.41. The van der Waals surface area contributed by atoms with Crippen LogP contribution in [0.15, 0.2) is 12.3 Å². The molecule has 0 aromatic carbocycles. The summed E-state index contributed by atoms with van der Waals surface area (Å²) in [5, 5.41) is 12.2. The summed E-state index contributed by atoms with van der Waals surface area (Å²) in [4.78, 5) is 28.5. The molecule has 0 bridgehead atoms. The number of carbonyl (C=O) groups excluding carboxylic acids is 1. The predicted molar refractivity (Wildman–Crippen MR) is 76.7 cm³/mol. The monoisotopic (exact) mass is 333 g/mol. The predicted octanol–water partition coefficient (Wildman–Crippen LogP) is 1.11. The SMILES string of the molecule is O=C(CN1CCOCC1C(=O)O)Nc1ncc(Cl)cc1Cl. The maximum absolute atomic E-state index is 12.0. The number of nitrogens with zero attached hydrogens (tertiary/aromatic N) is 2. The summed E-state index contributed by atoms with van der Waals surface area (Å²) >= 11 is 11.6. The molecule has 0 aliphatic carbocycles. The van der Waals surface area contributed by atoms with Crippen molar-refractivity contribution in [1.29, 1.82) is 0 Å². The minimum Gasteiger partial charge on any atom is -0.480 e. The Bertz CT molecular complexity index is 555. The van der Waals surface area contributed by atoms with Gasteiger partial charge in [-0.1, -0.05) is 23.2 Å². The van der Waals surface area contributed by atoms with E-state index in [2.05, 4.69) is 10.3 Å². The molecule has 1 aliphatic rings. The maximum atomic E-state index is 12.0. The second-order valence-electron chi connectivity index (χ2n) is 4.43. The lowest BCUT2D eigenvalue weighted by Crippen LogP contribution is -2.52. The Morgan fingerprint density at radius 3 is 2.95 bits per heavy atom. The van der Waals surface area contributed by atoms with E-state index in [9.17, 15) is 9.59 Å². The van der Waals surface area contributed by atoms with Crippen LogP contribution in [0.1, 0.15) is 0 Å². The van der Waals surface area contributed by atoms with Gasteiger partial charge in [-0.15, -0.1) is 0 Å². The van der Waals surface area contributed by atoms with E-state index in [0.717, 1.165) is 0 Å². The van der Waals surface area contributed by atoms with Crippen molar-refractivity contribution >= 4 is 40.9 Å². The zero-order chi connectivity index (χ0) is 15.4. The third-order valence-corrected chi connectivity index (χ3v) is 3.43. The molecule has 9 heteroatoms. The first-order valence-corrected chi connectivity index (χ1v) is 6.88. The molecule has 1 unspecified atom stereocenters. The van der Waals surface area contributed by atoms with Crippen molar-refractivity contribution < 1.29 is 19.4 Å². The molecule has 2 rings (SSSR count). The number of hydrogen-bond donors (Lipinski definition) is 2. The van der Waals surface area contributed by atoms with Crippen molar-refractivity contribution in [2.75, 3.05) is 31.6 Å². The molecule has 1 fully saturated rings. The number of ether oxygens (including phenoxy) is 1. The molecule has 114 valence electrons. The van der Waals surface area contributed by atoms with Crippen molar-refractivity contribution in [3.8, 4) is 0 Å². The zero-order valence-electron chi connectivity index (χ0n) is 10.9. The topological polar surface area (TPSA) is 91.8 Å². The summed E-state index contributed by atoms with van der Waals surface area (Å²) in [5.41, 5.74) is 0. The number of pyridine rings is 1. The fraction of sp³-hybridized carbons (Fsp3) is 0.417. The van der Waals surface area contributed by atoms with Gasteiger partial charge in [-0.25, -0.2) is 4.98 Å². The van der Waals surface area contributed by atoms with Crippen molar-refractivity contribution in [2.24, 2.45) is 0 Å². The van der Waals surface area contributed by atoms with Crippen LogP contribution in [0.25, 0.3) is 0 Å². The maximum Gasteiger partial charge on any atom is 0.323 e. The van der Waals surface area contributed by atoms with Crippen LogP contribution >= 0.6 is 23.2 Å². The molecular weight excluding hydrogens is 321 g/mol. The highest BCUT2D eigenvalue weighted by Gasteiger charge is 2.30. The van der Waals surface area contributed by atoms with E-state index < -0.39 is 17.9 Å². The van der Waals surface area contributed by atoms with Gasteiger partial charge in [0, 0.05) is 12.7 Å². The number of carboxylic acids is 1. The Labute approximate surface area is 130 Å². The molecule has 2 N–H and O–H groups in total. The van der Waals surface area contributed by atoms with Crippen molar-refractivity contribution in [1.82, 2.24) is 9.88 Å². The van der Waals surface area contributed by atoms with Gasteiger partial charge in [-0.2, -0.15) is 0 Å². The Kier molecular flexibility index (Phi) is 5.35. The molecule has 1 saturated heterocycles. The first-order chi connectivity index (χ1) is 9.97. The number of rotatable bonds is 4. The summed E-state index contributed by atoms with van der Waals surface area (Å²) < 4.78 is 5.10. The second-order valence-corrected chi connectivity index (χ2v) is 5.28. The number of halogens is 2. The van der Waals surface area contributed by atoms with Crippen LogP contribution in [0.2, 0.25) is 10.0 Å². The highest BCUT2D eigenvalue weighted by molar-refractivity contribution is 6.36. The quantitative estimate of drug-likeness (QED) is 0.857. The van der Waals surface area contributed by atoms with Crippen LogP contribution in [0, 0.1) is 0 Å². The minimum atomic E-state index is -1.02. The minimum absolute atomic E-state index is 0.0581. The summed E-state index contributed by atoms with van der Waals surface area (Å²) in [7, 11) is 0. The Morgan fingerprint density at radius 1 is 1.52 bits per heavy atom. The normalized spacial score (nSPS) is 19.2. The molecule has 1 aromatic heterocycles. The molecule has 0 radical (unpaired) electrons. The van der Waals surface area contributed by atoms with Crippen molar-refractivity contribution in [2.45, 2.75) is 6.04 Å². The second kappa shape index (κ2) is 7.04. The Morgan fingerprint density at radius 2 is 2.29 bits per heavy atom. The molecule has 1 aromatic rings. The van der Waals surface area contributed by atoms with Gasteiger partial charge in [0.1, 0.15) is 6.04 Å². The van der Waals surface area contributed by atoms with Gasteiger partial charge >= 0.3 is 5.97 Å². The van der Waals surface area contributed by atoms with E-state index >= 15 is 0 Å². The van der Waals surface area contributed by atoms with Crippen LogP contribution in [0.4, 0.5) is 5.82 Å². The van der Waals surface area contributed by atoms with Crippen molar-refractivity contribution in [3.63, 3.8) is 0 Å². The molecule has 21 heavy (non-hydrogen) atoms. The zero-order valence-corrected chi connectivity index (χ0v) is 12.4. The number of carboxylic acid groups (broad SMARTS) is 1. The number of aromatic nitrogens is 1. The van der Waals surface area contributed by atoms with Crippen molar-refractivity contribution in [3.05, 3.63) is 22.3 Å². The first kappa shape index (κ1) is 16.0. The summed E-state index contributed by atoms with van der Waals surface area (Å²) in [6.45, 7) is 0.729. The average Bonchev–Trinajstić information content (AvgIpc) is 2.42. The third kappa shape index (κ3) is 4.28. The van der Waals surface area contributed by atoms with Crippen LogP contribution in [0.5, 0.6) is 0 Å². The molecule has 1 atom stereocenters. The van der Waals surface area contributed by atoms with Gasteiger partial charge in [0.15, 0.2) is 5.82 Å². The van der Waals surface area contributed by atoms with Gasteiger partial charge in [-0.3, -0.25) is 14.5 Å². The van der Waals surface area contributed by atoms with Crippen LogP contribution in [-0.4, -0.2) is 59.2 Å². The summed E-state index contributed by atoms with van der Waals surface area (Å²) in [5.74, 6) is -1.24. The fourth-order valence-electron chi connectivity index (χ4n) is 1.92. The van der Waals surface area contributed by atoms with Gasteiger partial charge in [0.25, 0.3) is 0 Å². The van der Waals surface area contributed by atoms with Gasteiger partial charge < -0.3 is 15.2 Å². The smallest absolute Gasteiger partial charge is 0.323 e. The van der Waals surface area contributed by atoms with Gasteiger partial charge in [-0.05, 0) is 6.07 Å². The number of nitrogens with one attached hydrogen (secondary N) is 1. The number of anilines is 1. The lowest BCUT2D eigenvalue weighted by molar-refractivity contribution is -0.150. The van der Waals surface area contributed by atoms with Crippen LogP contribution in [0.3, 0.4) is 0 Å². The van der Waals surface area contributed by atoms with E-state index in [1.807, 2.05) is 0 Å². The van der Waals surface area contributed by atoms with Crippen LogP contribution in [-0.2, 0) is 14.3 Å².